The quantitative estimate of drug-likeness (QED) is 0.0999. The van der Waals surface area contributed by atoms with Crippen LogP contribution in [0.15, 0.2) is 0 Å². The summed E-state index contributed by atoms with van der Waals surface area (Å²) in [6.45, 7) is -2.78. The summed E-state index contributed by atoms with van der Waals surface area (Å²) in [6.07, 6.45) is -21.7. The van der Waals surface area contributed by atoms with E-state index in [1.54, 1.807) is 0 Å². The summed E-state index contributed by atoms with van der Waals surface area (Å²) in [5.74, 6) is 0. The second-order valence-corrected chi connectivity index (χ2v) is 15.0. The summed E-state index contributed by atoms with van der Waals surface area (Å²) in [6, 6.07) is 0. The number of ether oxygens (including phenoxy) is 4. The molecule has 4 rings (SSSR count). The number of hydrogen-bond acceptors (Lipinski definition) is 21. The number of aliphatic hydroxyl groups is 14. The van der Waals surface area contributed by atoms with Gasteiger partial charge >= 0.3 is 0 Å². The molecule has 0 aliphatic carbocycles. The van der Waals surface area contributed by atoms with E-state index in [2.05, 4.69) is 0 Å². The molecule has 45 heavy (non-hydrogen) atoms. The van der Waals surface area contributed by atoms with Crippen LogP contribution in [0.4, 0.5) is 0 Å². The molecule has 264 valence electrons. The van der Waals surface area contributed by atoms with E-state index in [-0.39, 0.29) is 0 Å². The van der Waals surface area contributed by atoms with E-state index in [0.29, 0.717) is 35.3 Å². The molecular weight excluding hydrogens is 672 g/mol. The molecule has 4 aliphatic heterocycles. The first-order valence-corrected chi connectivity index (χ1v) is 16.9. The Morgan fingerprint density at radius 2 is 0.644 bits per heavy atom. The molecule has 0 unspecified atom stereocenters. The van der Waals surface area contributed by atoms with Crippen LogP contribution in [-0.2, 0) is 18.9 Å². The minimum atomic E-state index is -1.78. The Morgan fingerprint density at radius 3 is 1.02 bits per heavy atom. The van der Waals surface area contributed by atoms with Crippen molar-refractivity contribution in [2.75, 3.05) is 26.4 Å². The minimum Gasteiger partial charge on any atom is -0.394 e. The Labute approximate surface area is 269 Å². The predicted molar refractivity (Wildman–Crippen MR) is 153 cm³/mol. The first-order chi connectivity index (χ1) is 21.3. The van der Waals surface area contributed by atoms with Crippen LogP contribution in [-0.4, -0.2) is 216 Å². The average molecular weight is 715 g/mol. The van der Waals surface area contributed by atoms with Gasteiger partial charge in [-0.3, -0.25) is 0 Å². The third kappa shape index (κ3) is 7.89. The van der Waals surface area contributed by atoms with Gasteiger partial charge in [0.25, 0.3) is 0 Å². The lowest BCUT2D eigenvalue weighted by Gasteiger charge is -2.48. The number of thioether (sulfide) groups is 3. The zero-order chi connectivity index (χ0) is 33.3. The molecule has 0 amide bonds. The van der Waals surface area contributed by atoms with Crippen LogP contribution in [0.25, 0.3) is 0 Å². The molecule has 0 aromatic heterocycles. The summed E-state index contributed by atoms with van der Waals surface area (Å²) in [7, 11) is 0. The van der Waals surface area contributed by atoms with E-state index in [0.717, 1.165) is 0 Å². The van der Waals surface area contributed by atoms with Gasteiger partial charge in [-0.1, -0.05) is 0 Å². The predicted octanol–water partition coefficient (Wildman–Crippen LogP) is -7.60. The van der Waals surface area contributed by atoms with Crippen molar-refractivity contribution in [3.05, 3.63) is 0 Å². The normalized spacial score (nSPS) is 52.9. The summed E-state index contributed by atoms with van der Waals surface area (Å²) in [5, 5.41) is 140. The van der Waals surface area contributed by atoms with Crippen LogP contribution in [0.1, 0.15) is 0 Å². The molecule has 18 nitrogen and oxygen atoms in total. The van der Waals surface area contributed by atoms with E-state index >= 15 is 0 Å². The van der Waals surface area contributed by atoms with Gasteiger partial charge in [0.15, 0.2) is 6.29 Å². The molecule has 0 spiro atoms. The molecule has 14 N–H and O–H groups in total. The first-order valence-electron chi connectivity index (χ1n) is 14.1. The number of hydrogen-bond donors (Lipinski definition) is 14. The van der Waals surface area contributed by atoms with Crippen molar-refractivity contribution >= 4 is 35.3 Å². The van der Waals surface area contributed by atoms with Gasteiger partial charge in [0.05, 0.1) is 78.8 Å². The monoisotopic (exact) mass is 714 g/mol. The average Bonchev–Trinajstić information content (AvgIpc) is 3.03. The van der Waals surface area contributed by atoms with Gasteiger partial charge in [0.1, 0.15) is 59.0 Å². The molecule has 0 radical (unpaired) electrons. The molecular formula is C24H42O18S3. The smallest absolute Gasteiger partial charge is 0.183 e. The van der Waals surface area contributed by atoms with Gasteiger partial charge in [0.2, 0.25) is 0 Å². The zero-order valence-corrected chi connectivity index (χ0v) is 25.9. The molecule has 21 heteroatoms. The third-order valence-electron chi connectivity index (χ3n) is 8.20. The van der Waals surface area contributed by atoms with E-state index < -0.39 is 144 Å². The first kappa shape index (κ1) is 38.1. The van der Waals surface area contributed by atoms with E-state index in [1.807, 2.05) is 0 Å². The number of aliphatic hydroxyl groups excluding tert-OH is 14. The Morgan fingerprint density at radius 1 is 0.333 bits per heavy atom. The molecule has 0 saturated carbocycles. The fourth-order valence-electron chi connectivity index (χ4n) is 5.55. The van der Waals surface area contributed by atoms with Crippen molar-refractivity contribution in [1.29, 1.82) is 0 Å². The highest BCUT2D eigenvalue weighted by Gasteiger charge is 2.54. The highest BCUT2D eigenvalue weighted by molar-refractivity contribution is 8.01. The van der Waals surface area contributed by atoms with Gasteiger partial charge in [0, 0.05) is 0 Å². The maximum Gasteiger partial charge on any atom is 0.183 e. The Bertz CT molecular complexity index is 923. The van der Waals surface area contributed by atoms with Crippen LogP contribution >= 0.6 is 35.3 Å². The van der Waals surface area contributed by atoms with E-state index in [1.165, 1.54) is 0 Å². The highest BCUT2D eigenvalue weighted by atomic mass is 32.2. The Hall–Kier alpha value is 0.330. The summed E-state index contributed by atoms with van der Waals surface area (Å²) in [5.41, 5.74) is -4.00. The van der Waals surface area contributed by atoms with Crippen molar-refractivity contribution in [3.8, 4) is 0 Å². The fraction of sp³-hybridized carbons (Fsp3) is 1.00. The van der Waals surface area contributed by atoms with Crippen molar-refractivity contribution in [2.24, 2.45) is 0 Å². The standard InChI is InChI=1S/C24H42O18S3/c25-1-5-9(29)10(30)15(35)22(40-5)44-19-7(3-27)42-24(17(37)12(19)32)45-20-8(4-28)41-23(16(36)13(20)33)43-18-6(2-26)39-21(38)14(34)11(18)31/h5-38H,1-4H2/t5-,6-,7-,8-,9-,10+,11-,12-,13-,14-,15-,16-,17-,18-,19-,20-,21+,22+,23+,24+/m1/s1. The third-order valence-corrected chi connectivity index (χ3v) is 12.9. The van der Waals surface area contributed by atoms with Gasteiger partial charge in [-0.2, -0.15) is 0 Å². The van der Waals surface area contributed by atoms with Crippen molar-refractivity contribution < 1.29 is 90.4 Å². The largest absolute Gasteiger partial charge is 0.394 e. The van der Waals surface area contributed by atoms with E-state index in [4.69, 9.17) is 18.9 Å². The summed E-state index contributed by atoms with van der Waals surface area (Å²) < 4.78 is 22.2. The molecule has 4 aliphatic rings. The number of rotatable bonds is 10. The van der Waals surface area contributed by atoms with Crippen molar-refractivity contribution in [2.45, 2.75) is 118 Å². The van der Waals surface area contributed by atoms with Crippen LogP contribution in [0, 0.1) is 0 Å². The molecule has 0 aromatic rings. The SMILES string of the molecule is OC[C@H]1O[C@@H](S[C@H]2[C@H](O)[C@@H](O)[C@H](S[C@H]3[C@H](O)[C@@H](O)[C@H](S[C@H]4[C@H](O)[C@@H](O)[C@@H](O)O[C@@H]4CO)O[C@@H]3CO)O[C@@H]2CO)[C@H](O)[C@@H](O)[C@@H]1O. The van der Waals surface area contributed by atoms with Gasteiger partial charge in [-0.15, -0.1) is 35.3 Å². The highest BCUT2D eigenvalue weighted by Crippen LogP contribution is 2.44. The molecule has 0 bridgehead atoms. The van der Waals surface area contributed by atoms with Gasteiger partial charge in [-0.25, -0.2) is 0 Å². The topological polar surface area (TPSA) is 320 Å². The molecule has 4 saturated heterocycles. The lowest BCUT2D eigenvalue weighted by molar-refractivity contribution is -0.249. The minimum absolute atomic E-state index is 0.674. The molecule has 4 fully saturated rings. The van der Waals surface area contributed by atoms with Crippen LogP contribution in [0.5, 0.6) is 0 Å². The molecule has 0 aromatic carbocycles. The van der Waals surface area contributed by atoms with Gasteiger partial charge in [-0.05, 0) is 0 Å². The summed E-state index contributed by atoms with van der Waals surface area (Å²) in [4.78, 5) is 0. The lowest BCUT2D eigenvalue weighted by atomic mass is 10.0. The lowest BCUT2D eigenvalue weighted by Crippen LogP contribution is -2.62. The van der Waals surface area contributed by atoms with E-state index in [9.17, 15) is 71.5 Å². The second kappa shape index (κ2) is 16.4. The zero-order valence-electron chi connectivity index (χ0n) is 23.5. The maximum absolute atomic E-state index is 11.0. The van der Waals surface area contributed by atoms with Crippen molar-refractivity contribution in [1.82, 2.24) is 0 Å². The Balaban J connectivity index is 1.43. The van der Waals surface area contributed by atoms with Crippen LogP contribution in [0.3, 0.4) is 0 Å². The second-order valence-electron chi connectivity index (χ2n) is 11.1. The van der Waals surface area contributed by atoms with Gasteiger partial charge < -0.3 is 90.4 Å². The fourth-order valence-corrected chi connectivity index (χ4v) is 10.0. The molecule has 20 atom stereocenters. The van der Waals surface area contributed by atoms with Crippen molar-refractivity contribution in [3.63, 3.8) is 0 Å². The Kier molecular flexibility index (Phi) is 13.9. The van der Waals surface area contributed by atoms with Crippen LogP contribution in [0.2, 0.25) is 0 Å². The molecule has 4 heterocycles. The maximum atomic E-state index is 11.0. The van der Waals surface area contributed by atoms with Crippen LogP contribution < -0.4 is 0 Å². The summed E-state index contributed by atoms with van der Waals surface area (Å²) >= 11 is 2.08.